The summed E-state index contributed by atoms with van der Waals surface area (Å²) in [6.45, 7) is 5.93. The van der Waals surface area contributed by atoms with Crippen LogP contribution in [0.15, 0.2) is 53.2 Å². The number of dihydropyridines is 1. The van der Waals surface area contributed by atoms with Gasteiger partial charge in [-0.25, -0.2) is 4.79 Å². The van der Waals surface area contributed by atoms with Gasteiger partial charge in [-0.15, -0.1) is 0 Å². The van der Waals surface area contributed by atoms with Crippen molar-refractivity contribution in [1.29, 1.82) is 0 Å². The Kier molecular flexibility index (Phi) is 5.82. The summed E-state index contributed by atoms with van der Waals surface area (Å²) >= 11 is 12.8. The quantitative estimate of drug-likeness (QED) is 0.598. The Morgan fingerprint density at radius 3 is 2.48 bits per heavy atom. The van der Waals surface area contributed by atoms with E-state index in [1.54, 1.807) is 32.0 Å². The van der Waals surface area contributed by atoms with E-state index in [0.29, 0.717) is 56.1 Å². The van der Waals surface area contributed by atoms with Crippen LogP contribution in [0.25, 0.3) is 5.70 Å². The largest absolute Gasteiger partial charge is 0.492 e. The lowest BCUT2D eigenvalue weighted by Gasteiger charge is -2.30. The van der Waals surface area contributed by atoms with Crippen LogP contribution in [-0.2, 0) is 9.53 Å². The van der Waals surface area contributed by atoms with E-state index < -0.39 is 11.9 Å². The topological polar surface area (TPSA) is 64.6 Å². The van der Waals surface area contributed by atoms with Crippen molar-refractivity contribution >= 4 is 40.7 Å². The van der Waals surface area contributed by atoms with Gasteiger partial charge in [0.1, 0.15) is 5.75 Å². The molecular weight excluding hydrogens is 437 g/mol. The van der Waals surface area contributed by atoms with Gasteiger partial charge in [0.2, 0.25) is 0 Å². The standard InChI is InChI=1S/C24H21Cl2NO4/c1-4-30-23-16(10-13(25)11-17(23)26)19-18(24(29)31-5-2)12(3)27-21-14-8-6-7-9-15(14)22(28)20(19)21/h6-11,19,27H,4-5H2,1-3H3/t19-/m1/s1. The molecule has 0 fully saturated rings. The van der Waals surface area contributed by atoms with Crippen LogP contribution in [-0.4, -0.2) is 25.0 Å². The molecule has 1 heterocycles. The van der Waals surface area contributed by atoms with Crippen LogP contribution in [0.3, 0.4) is 0 Å². The van der Waals surface area contributed by atoms with Crippen LogP contribution in [0.5, 0.6) is 5.75 Å². The fourth-order valence-electron chi connectivity index (χ4n) is 4.21. The summed E-state index contributed by atoms with van der Waals surface area (Å²) < 4.78 is 11.2. The number of hydrogen-bond acceptors (Lipinski definition) is 5. The molecule has 0 bridgehead atoms. The fourth-order valence-corrected chi connectivity index (χ4v) is 4.77. The number of carbonyl (C=O) groups excluding carboxylic acids is 2. The van der Waals surface area contributed by atoms with E-state index in [-0.39, 0.29) is 12.4 Å². The lowest BCUT2D eigenvalue weighted by atomic mass is 9.79. The summed E-state index contributed by atoms with van der Waals surface area (Å²) in [6, 6.07) is 10.6. The molecule has 4 rings (SSSR count). The summed E-state index contributed by atoms with van der Waals surface area (Å²) in [4.78, 5) is 26.5. The van der Waals surface area contributed by atoms with Crippen LogP contribution in [0.2, 0.25) is 10.0 Å². The van der Waals surface area contributed by atoms with Crippen LogP contribution in [0.4, 0.5) is 0 Å². The molecular formula is C24H21Cl2NO4. The highest BCUT2D eigenvalue weighted by atomic mass is 35.5. The minimum absolute atomic E-state index is 0.157. The van der Waals surface area contributed by atoms with Crippen LogP contribution < -0.4 is 10.1 Å². The Morgan fingerprint density at radius 2 is 1.81 bits per heavy atom. The second kappa shape index (κ2) is 8.40. The number of carbonyl (C=O) groups is 2. The first-order chi connectivity index (χ1) is 14.9. The minimum atomic E-state index is -0.743. The van der Waals surface area contributed by atoms with Gasteiger partial charge >= 0.3 is 5.97 Å². The number of esters is 1. The van der Waals surface area contributed by atoms with Crippen LogP contribution >= 0.6 is 23.2 Å². The number of fused-ring (bicyclic) bond motifs is 2. The second-order valence-electron chi connectivity index (χ2n) is 7.22. The molecule has 0 spiro atoms. The van der Waals surface area contributed by atoms with Crippen molar-refractivity contribution in [3.05, 3.63) is 80.0 Å². The molecule has 160 valence electrons. The number of nitrogens with one attached hydrogen (secondary N) is 1. The van der Waals surface area contributed by atoms with Gasteiger partial charge in [0.25, 0.3) is 0 Å². The molecule has 1 N–H and O–H groups in total. The number of ether oxygens (including phenoxy) is 2. The third-order valence-corrected chi connectivity index (χ3v) is 5.88. The van der Waals surface area contributed by atoms with E-state index in [4.69, 9.17) is 32.7 Å². The Labute approximate surface area is 190 Å². The smallest absolute Gasteiger partial charge is 0.336 e. The second-order valence-corrected chi connectivity index (χ2v) is 8.06. The van der Waals surface area contributed by atoms with Gasteiger partial charge in [-0.2, -0.15) is 0 Å². The highest BCUT2D eigenvalue weighted by molar-refractivity contribution is 6.36. The molecule has 2 aliphatic rings. The molecule has 0 unspecified atom stereocenters. The zero-order valence-electron chi connectivity index (χ0n) is 17.3. The number of Topliss-reactive ketones (excluding diaryl/α,β-unsaturated/α-hetero) is 1. The van der Waals surface area contributed by atoms with E-state index in [1.807, 2.05) is 25.1 Å². The number of halogens is 2. The molecule has 31 heavy (non-hydrogen) atoms. The highest BCUT2D eigenvalue weighted by Crippen LogP contribution is 2.50. The minimum Gasteiger partial charge on any atom is -0.492 e. The monoisotopic (exact) mass is 457 g/mol. The molecule has 2 aromatic carbocycles. The Hall–Kier alpha value is -2.76. The number of hydrogen-bond donors (Lipinski definition) is 1. The van der Waals surface area contributed by atoms with E-state index >= 15 is 0 Å². The molecule has 1 atom stereocenters. The van der Waals surface area contributed by atoms with E-state index in [0.717, 1.165) is 5.56 Å². The SMILES string of the molecule is CCOC(=O)C1=C(C)NC2=C(C(=O)c3ccccc32)[C@@H]1c1cc(Cl)cc(Cl)c1OCC. The van der Waals surface area contributed by atoms with E-state index in [9.17, 15) is 9.59 Å². The van der Waals surface area contributed by atoms with Crippen molar-refractivity contribution in [1.82, 2.24) is 5.32 Å². The number of benzene rings is 2. The molecule has 0 saturated carbocycles. The summed E-state index contributed by atoms with van der Waals surface area (Å²) in [5.41, 5.74) is 3.99. The molecule has 5 nitrogen and oxygen atoms in total. The van der Waals surface area contributed by atoms with Crippen molar-refractivity contribution in [3.8, 4) is 5.75 Å². The summed E-state index contributed by atoms with van der Waals surface area (Å²) in [5, 5.41) is 3.96. The molecule has 2 aromatic rings. The molecule has 0 amide bonds. The van der Waals surface area contributed by atoms with Gasteiger partial charge in [0.15, 0.2) is 5.78 Å². The number of rotatable bonds is 5. The zero-order chi connectivity index (χ0) is 22.3. The van der Waals surface area contributed by atoms with Crippen molar-refractivity contribution in [3.63, 3.8) is 0 Å². The molecule has 0 radical (unpaired) electrons. The third-order valence-electron chi connectivity index (χ3n) is 5.38. The van der Waals surface area contributed by atoms with Gasteiger partial charge in [0.05, 0.1) is 35.4 Å². The highest BCUT2D eigenvalue weighted by Gasteiger charge is 2.44. The summed E-state index contributed by atoms with van der Waals surface area (Å²) in [6.07, 6.45) is 0. The van der Waals surface area contributed by atoms with Gasteiger partial charge in [0, 0.05) is 33.0 Å². The maximum Gasteiger partial charge on any atom is 0.336 e. The average molecular weight is 458 g/mol. The normalized spacial score (nSPS) is 17.3. The lowest BCUT2D eigenvalue weighted by Crippen LogP contribution is -2.29. The zero-order valence-corrected chi connectivity index (χ0v) is 18.9. The summed E-state index contributed by atoms with van der Waals surface area (Å²) in [7, 11) is 0. The lowest BCUT2D eigenvalue weighted by molar-refractivity contribution is -0.138. The predicted octanol–water partition coefficient (Wildman–Crippen LogP) is 5.52. The van der Waals surface area contributed by atoms with Crippen LogP contribution in [0.1, 0.15) is 48.2 Å². The van der Waals surface area contributed by atoms with Gasteiger partial charge < -0.3 is 14.8 Å². The van der Waals surface area contributed by atoms with Crippen molar-refractivity contribution in [2.45, 2.75) is 26.7 Å². The fraction of sp³-hybridized carbons (Fsp3) is 0.250. The van der Waals surface area contributed by atoms with Crippen molar-refractivity contribution in [2.24, 2.45) is 0 Å². The molecule has 0 aromatic heterocycles. The first kappa shape index (κ1) is 21.5. The Morgan fingerprint density at radius 1 is 1.10 bits per heavy atom. The molecule has 0 saturated heterocycles. The van der Waals surface area contributed by atoms with Gasteiger partial charge in [-0.1, -0.05) is 47.5 Å². The number of ketones is 1. The van der Waals surface area contributed by atoms with Crippen molar-refractivity contribution in [2.75, 3.05) is 13.2 Å². The van der Waals surface area contributed by atoms with Gasteiger partial charge in [-0.3, -0.25) is 4.79 Å². The first-order valence-electron chi connectivity index (χ1n) is 10.0. The predicted molar refractivity (Wildman–Crippen MR) is 121 cm³/mol. The van der Waals surface area contributed by atoms with E-state index in [1.165, 1.54) is 0 Å². The van der Waals surface area contributed by atoms with Gasteiger partial charge in [-0.05, 0) is 32.9 Å². The molecule has 1 aliphatic heterocycles. The maximum absolute atomic E-state index is 13.5. The molecule has 1 aliphatic carbocycles. The maximum atomic E-state index is 13.5. The summed E-state index contributed by atoms with van der Waals surface area (Å²) in [5.74, 6) is -1.01. The third kappa shape index (κ3) is 3.52. The first-order valence-corrected chi connectivity index (χ1v) is 10.8. The van der Waals surface area contributed by atoms with Crippen molar-refractivity contribution < 1.29 is 19.1 Å². The van der Waals surface area contributed by atoms with E-state index in [2.05, 4.69) is 5.32 Å². The van der Waals surface area contributed by atoms with Crippen LogP contribution in [0, 0.1) is 0 Å². The molecule has 7 heteroatoms. The Bertz CT molecular complexity index is 1170. The number of allylic oxidation sites excluding steroid dienone is 2. The average Bonchev–Trinajstić information content (AvgIpc) is 3.01. The Balaban J connectivity index is 2.01.